The van der Waals surface area contributed by atoms with Gasteiger partial charge in [-0.1, -0.05) is 18.2 Å². The van der Waals surface area contributed by atoms with Crippen LogP contribution in [0, 0.1) is 0 Å². The van der Waals surface area contributed by atoms with Gasteiger partial charge in [0.05, 0.1) is 38.8 Å². The van der Waals surface area contributed by atoms with Crippen LogP contribution < -0.4 is 24.5 Å². The number of hydrogen-bond acceptors (Lipinski definition) is 6. The van der Waals surface area contributed by atoms with Crippen LogP contribution in [0.3, 0.4) is 0 Å². The van der Waals surface area contributed by atoms with E-state index in [2.05, 4.69) is 0 Å². The summed E-state index contributed by atoms with van der Waals surface area (Å²) in [4.78, 5) is 25.8. The molecule has 1 aromatic heterocycles. The number of nitrogens with zero attached hydrogens (tertiary/aromatic N) is 1. The van der Waals surface area contributed by atoms with Crippen LogP contribution in [-0.2, 0) is 11.8 Å². The second kappa shape index (κ2) is 7.16. The van der Waals surface area contributed by atoms with Crippen molar-refractivity contribution in [3.63, 3.8) is 0 Å². The molecule has 0 unspecified atom stereocenters. The summed E-state index contributed by atoms with van der Waals surface area (Å²) in [5.74, 6) is 0.695. The molecule has 4 rings (SSSR count). The van der Waals surface area contributed by atoms with Gasteiger partial charge in [0.15, 0.2) is 11.5 Å². The summed E-state index contributed by atoms with van der Waals surface area (Å²) in [5, 5.41) is 0.710. The summed E-state index contributed by atoms with van der Waals surface area (Å²) in [6, 6.07) is 10.9. The average Bonchev–Trinajstić information content (AvgIpc) is 2.75. The van der Waals surface area contributed by atoms with Crippen LogP contribution in [-0.4, -0.2) is 31.9 Å². The second-order valence-corrected chi connectivity index (χ2v) is 6.78. The highest BCUT2D eigenvalue weighted by atomic mass is 16.5. The molecule has 0 fully saturated rings. The zero-order chi connectivity index (χ0) is 20.7. The van der Waals surface area contributed by atoms with E-state index >= 15 is 0 Å². The van der Waals surface area contributed by atoms with Gasteiger partial charge < -0.3 is 23.5 Å². The van der Waals surface area contributed by atoms with E-state index in [0.717, 1.165) is 0 Å². The van der Waals surface area contributed by atoms with Crippen molar-refractivity contribution in [3.8, 4) is 23.0 Å². The minimum absolute atomic E-state index is 0.0203. The van der Waals surface area contributed by atoms with E-state index < -0.39 is 11.9 Å². The molecule has 1 aliphatic rings. The third kappa shape index (κ3) is 2.81. The number of pyridine rings is 1. The summed E-state index contributed by atoms with van der Waals surface area (Å²) < 4.78 is 23.6. The van der Waals surface area contributed by atoms with Crippen LogP contribution in [0.1, 0.15) is 23.5 Å². The number of aromatic nitrogens is 1. The van der Waals surface area contributed by atoms with Crippen molar-refractivity contribution >= 4 is 16.9 Å². The molecule has 0 saturated heterocycles. The van der Waals surface area contributed by atoms with Crippen molar-refractivity contribution in [1.29, 1.82) is 0 Å². The molecule has 0 bridgehead atoms. The van der Waals surface area contributed by atoms with Crippen LogP contribution in [0.15, 0.2) is 41.2 Å². The maximum atomic E-state index is 13.3. The lowest BCUT2D eigenvalue weighted by Crippen LogP contribution is -2.31. The van der Waals surface area contributed by atoms with Gasteiger partial charge in [-0.25, -0.2) is 0 Å². The van der Waals surface area contributed by atoms with Crippen molar-refractivity contribution in [1.82, 2.24) is 4.57 Å². The predicted molar refractivity (Wildman–Crippen MR) is 107 cm³/mol. The molecular weight excluding hydrogens is 374 g/mol. The van der Waals surface area contributed by atoms with E-state index in [-0.39, 0.29) is 12.0 Å². The van der Waals surface area contributed by atoms with Gasteiger partial charge in [0, 0.05) is 23.9 Å². The molecule has 1 atom stereocenters. The first-order valence-electron chi connectivity index (χ1n) is 9.13. The third-order valence-corrected chi connectivity index (χ3v) is 5.33. The van der Waals surface area contributed by atoms with Gasteiger partial charge >= 0.3 is 5.97 Å². The molecular formula is C22H21NO6. The Kier molecular flexibility index (Phi) is 4.66. The molecule has 0 amide bonds. The van der Waals surface area contributed by atoms with Crippen molar-refractivity contribution in [2.75, 3.05) is 21.3 Å². The Balaban J connectivity index is 2.05. The van der Waals surface area contributed by atoms with E-state index in [0.29, 0.717) is 45.0 Å². The minimum atomic E-state index is -0.538. The van der Waals surface area contributed by atoms with Crippen LogP contribution in [0.5, 0.6) is 23.0 Å². The fraction of sp³-hybridized carbons (Fsp3) is 0.273. The number of hydrogen-bond donors (Lipinski definition) is 0. The Morgan fingerprint density at radius 2 is 1.69 bits per heavy atom. The first-order chi connectivity index (χ1) is 14.0. The van der Waals surface area contributed by atoms with E-state index in [9.17, 15) is 9.59 Å². The number of benzene rings is 2. The molecule has 0 saturated carbocycles. The topological polar surface area (TPSA) is 76.0 Å². The Bertz CT molecular complexity index is 1180. The summed E-state index contributed by atoms with van der Waals surface area (Å²) >= 11 is 0. The number of rotatable bonds is 4. The Morgan fingerprint density at radius 1 is 0.966 bits per heavy atom. The Hall–Kier alpha value is -3.48. The lowest BCUT2D eigenvalue weighted by Gasteiger charge is -2.28. The van der Waals surface area contributed by atoms with E-state index in [1.807, 2.05) is 24.3 Å². The van der Waals surface area contributed by atoms with E-state index in [1.165, 1.54) is 21.3 Å². The highest BCUT2D eigenvalue weighted by Gasteiger charge is 2.36. The molecule has 2 aromatic carbocycles. The monoisotopic (exact) mass is 395 g/mol. The molecule has 29 heavy (non-hydrogen) atoms. The van der Waals surface area contributed by atoms with Gasteiger partial charge in [0.1, 0.15) is 5.75 Å². The number of para-hydroxylation sites is 1. The van der Waals surface area contributed by atoms with Gasteiger partial charge in [-0.15, -0.1) is 0 Å². The summed E-state index contributed by atoms with van der Waals surface area (Å²) in [5.41, 5.74) is 1.57. The van der Waals surface area contributed by atoms with Crippen molar-refractivity contribution in [2.24, 2.45) is 7.05 Å². The maximum absolute atomic E-state index is 13.3. The average molecular weight is 395 g/mol. The number of fused-ring (bicyclic) bond motifs is 3. The zero-order valence-electron chi connectivity index (χ0n) is 16.6. The first-order valence-corrected chi connectivity index (χ1v) is 9.13. The van der Waals surface area contributed by atoms with Crippen molar-refractivity contribution in [3.05, 3.63) is 57.9 Å². The fourth-order valence-electron chi connectivity index (χ4n) is 4.00. The molecule has 0 radical (unpaired) electrons. The SMILES string of the molecule is COc1ccc([C@@H]2CC(=O)Oc3c2c(=O)n(C)c2ccccc32)c(OC)c1OC. The number of ether oxygens (including phenoxy) is 4. The maximum Gasteiger partial charge on any atom is 0.312 e. The van der Waals surface area contributed by atoms with Gasteiger partial charge in [-0.2, -0.15) is 0 Å². The number of carbonyl (C=O) groups excluding carboxylic acids is 1. The largest absolute Gasteiger partial charge is 0.493 e. The summed E-state index contributed by atoms with van der Waals surface area (Å²) in [6.07, 6.45) is 0.0203. The van der Waals surface area contributed by atoms with Crippen LogP contribution >= 0.6 is 0 Å². The quantitative estimate of drug-likeness (QED) is 0.632. The molecule has 150 valence electrons. The van der Waals surface area contributed by atoms with Gasteiger partial charge in [0.2, 0.25) is 5.75 Å². The normalized spacial score (nSPS) is 15.6. The molecule has 3 aromatic rings. The first kappa shape index (κ1) is 18.9. The second-order valence-electron chi connectivity index (χ2n) is 6.78. The number of esters is 1. The number of carbonyl (C=O) groups is 1. The predicted octanol–water partition coefficient (Wildman–Crippen LogP) is 3.01. The lowest BCUT2D eigenvalue weighted by molar-refractivity contribution is -0.135. The molecule has 0 spiro atoms. The van der Waals surface area contributed by atoms with Crippen molar-refractivity contribution in [2.45, 2.75) is 12.3 Å². The van der Waals surface area contributed by atoms with E-state index in [1.54, 1.807) is 23.7 Å². The molecule has 7 heteroatoms. The highest BCUT2D eigenvalue weighted by molar-refractivity contribution is 5.92. The van der Waals surface area contributed by atoms with Crippen molar-refractivity contribution < 1.29 is 23.7 Å². The molecule has 2 heterocycles. The summed E-state index contributed by atoms with van der Waals surface area (Å²) in [7, 11) is 6.28. The standard InChI is InChI=1S/C22H21NO6/c1-23-15-8-6-5-7-13(15)19-18(22(23)25)14(11-17(24)29-19)12-9-10-16(26-2)21(28-4)20(12)27-3/h5-10,14H,11H2,1-4H3/t14-/m0/s1. The van der Waals surface area contributed by atoms with E-state index in [4.69, 9.17) is 18.9 Å². The molecule has 0 aliphatic carbocycles. The minimum Gasteiger partial charge on any atom is -0.493 e. The lowest BCUT2D eigenvalue weighted by atomic mass is 9.85. The molecule has 7 nitrogen and oxygen atoms in total. The van der Waals surface area contributed by atoms with Crippen LogP contribution in [0.2, 0.25) is 0 Å². The zero-order valence-corrected chi connectivity index (χ0v) is 16.6. The summed E-state index contributed by atoms with van der Waals surface area (Å²) in [6.45, 7) is 0. The highest BCUT2D eigenvalue weighted by Crippen LogP contribution is 2.48. The van der Waals surface area contributed by atoms with Gasteiger partial charge in [-0.05, 0) is 18.2 Å². The Labute approximate surface area is 167 Å². The smallest absolute Gasteiger partial charge is 0.312 e. The van der Waals surface area contributed by atoms with Gasteiger partial charge in [0.25, 0.3) is 5.56 Å². The molecule has 0 N–H and O–H groups in total. The van der Waals surface area contributed by atoms with Crippen LogP contribution in [0.4, 0.5) is 0 Å². The molecule has 1 aliphatic heterocycles. The Morgan fingerprint density at radius 3 is 2.38 bits per heavy atom. The number of methoxy groups -OCH3 is 3. The fourth-order valence-corrected chi connectivity index (χ4v) is 4.00. The van der Waals surface area contributed by atoms with Gasteiger partial charge in [-0.3, -0.25) is 9.59 Å². The van der Waals surface area contributed by atoms with Crippen LogP contribution in [0.25, 0.3) is 10.9 Å². The number of aryl methyl sites for hydroxylation is 1. The third-order valence-electron chi connectivity index (χ3n) is 5.33.